The van der Waals surface area contributed by atoms with Gasteiger partial charge in [-0.2, -0.15) is 0 Å². The van der Waals surface area contributed by atoms with Crippen molar-refractivity contribution in [1.29, 1.82) is 0 Å². The molecule has 0 fully saturated rings. The van der Waals surface area contributed by atoms with Crippen molar-refractivity contribution in [3.05, 3.63) is 35.9 Å². The van der Waals surface area contributed by atoms with Gasteiger partial charge in [-0.1, -0.05) is 6.07 Å². The van der Waals surface area contributed by atoms with Gasteiger partial charge in [0.15, 0.2) is 6.29 Å². The molecule has 0 aliphatic carbocycles. The first-order valence-corrected chi connectivity index (χ1v) is 4.27. The van der Waals surface area contributed by atoms with Crippen LogP contribution in [-0.4, -0.2) is 28.7 Å². The number of carbonyl (C=O) groups excluding carboxylic acids is 2. The molecule has 15 heavy (non-hydrogen) atoms. The molecule has 0 saturated heterocycles. The number of aldehydes is 1. The number of methoxy groups -OCH3 is 1. The predicted octanol–water partition coefficient (Wildman–Crippen LogP) is 0.933. The molecule has 0 aromatic carbocycles. The number of nitrogens with zero attached hydrogens (tertiary/aromatic N) is 2. The minimum absolute atomic E-state index is 0.306. The van der Waals surface area contributed by atoms with Crippen LogP contribution in [0.25, 0.3) is 5.52 Å². The summed E-state index contributed by atoms with van der Waals surface area (Å²) in [5.41, 5.74) is 1.24. The number of pyridine rings is 1. The Morgan fingerprint density at radius 2 is 2.33 bits per heavy atom. The molecule has 2 aromatic rings. The average molecular weight is 204 g/mol. The number of rotatable bonds is 2. The summed E-state index contributed by atoms with van der Waals surface area (Å²) in [6.07, 6.45) is 2.07. The lowest BCUT2D eigenvalue weighted by Gasteiger charge is -2.02. The molecule has 0 atom stereocenters. The van der Waals surface area contributed by atoms with Crippen molar-refractivity contribution >= 4 is 17.8 Å². The lowest BCUT2D eigenvalue weighted by Crippen LogP contribution is -2.07. The van der Waals surface area contributed by atoms with Crippen LogP contribution in [0, 0.1) is 0 Å². The lowest BCUT2D eigenvalue weighted by molar-refractivity contribution is 0.0592. The van der Waals surface area contributed by atoms with E-state index in [0.29, 0.717) is 23.2 Å². The summed E-state index contributed by atoms with van der Waals surface area (Å²) in [6, 6.07) is 4.99. The van der Waals surface area contributed by atoms with Crippen LogP contribution in [0.15, 0.2) is 24.5 Å². The Labute approximate surface area is 85.3 Å². The van der Waals surface area contributed by atoms with Crippen LogP contribution in [-0.2, 0) is 4.74 Å². The fourth-order valence-corrected chi connectivity index (χ4v) is 1.40. The molecule has 76 valence electrons. The first-order chi connectivity index (χ1) is 7.27. The summed E-state index contributed by atoms with van der Waals surface area (Å²) >= 11 is 0. The highest BCUT2D eigenvalue weighted by molar-refractivity contribution is 5.90. The quantitative estimate of drug-likeness (QED) is 0.539. The maximum absolute atomic E-state index is 11.4. The molecule has 2 aromatic heterocycles. The third-order valence-corrected chi connectivity index (χ3v) is 2.11. The van der Waals surface area contributed by atoms with Gasteiger partial charge < -0.3 is 4.74 Å². The highest BCUT2D eigenvalue weighted by atomic mass is 16.5. The van der Waals surface area contributed by atoms with Crippen molar-refractivity contribution in [1.82, 2.24) is 9.38 Å². The van der Waals surface area contributed by atoms with Crippen LogP contribution in [0.1, 0.15) is 21.0 Å². The predicted molar refractivity (Wildman–Crippen MR) is 51.9 cm³/mol. The Morgan fingerprint density at radius 1 is 1.53 bits per heavy atom. The zero-order valence-corrected chi connectivity index (χ0v) is 8.01. The van der Waals surface area contributed by atoms with E-state index in [2.05, 4.69) is 9.72 Å². The van der Waals surface area contributed by atoms with Crippen molar-refractivity contribution in [2.24, 2.45) is 0 Å². The van der Waals surface area contributed by atoms with Crippen LogP contribution < -0.4 is 0 Å². The first-order valence-electron chi connectivity index (χ1n) is 4.27. The molecule has 0 amide bonds. The van der Waals surface area contributed by atoms with Gasteiger partial charge in [0.25, 0.3) is 0 Å². The Balaban J connectivity index is 2.72. The van der Waals surface area contributed by atoms with E-state index in [4.69, 9.17) is 0 Å². The highest BCUT2D eigenvalue weighted by Crippen LogP contribution is 2.11. The number of imidazole rings is 1. The summed E-state index contributed by atoms with van der Waals surface area (Å²) < 4.78 is 6.13. The normalized spacial score (nSPS) is 10.2. The number of esters is 1. The third-order valence-electron chi connectivity index (χ3n) is 2.11. The van der Waals surface area contributed by atoms with Gasteiger partial charge in [-0.25, -0.2) is 9.78 Å². The van der Waals surface area contributed by atoms with Crippen LogP contribution >= 0.6 is 0 Å². The molecular formula is C10H8N2O3. The standard InChI is InChI=1S/C10H8N2O3/c1-15-10(14)9-4-2-3-8-7(5-13)11-6-12(8)9/h2-6H,1H3. The molecule has 2 rings (SSSR count). The van der Waals surface area contributed by atoms with Crippen molar-refractivity contribution in [2.75, 3.05) is 7.11 Å². The second kappa shape index (κ2) is 3.53. The molecule has 0 aliphatic rings. The van der Waals surface area contributed by atoms with E-state index in [1.165, 1.54) is 17.8 Å². The monoisotopic (exact) mass is 204 g/mol. The van der Waals surface area contributed by atoms with Crippen LogP contribution in [0.2, 0.25) is 0 Å². The van der Waals surface area contributed by atoms with Crippen LogP contribution in [0.4, 0.5) is 0 Å². The Bertz CT molecular complexity index is 530. The summed E-state index contributed by atoms with van der Waals surface area (Å²) in [6.45, 7) is 0. The zero-order chi connectivity index (χ0) is 10.8. The average Bonchev–Trinajstić information content (AvgIpc) is 2.70. The number of hydrogen-bond acceptors (Lipinski definition) is 4. The fourth-order valence-electron chi connectivity index (χ4n) is 1.40. The van der Waals surface area contributed by atoms with Gasteiger partial charge in [0, 0.05) is 0 Å². The van der Waals surface area contributed by atoms with Gasteiger partial charge in [0.2, 0.25) is 0 Å². The maximum Gasteiger partial charge on any atom is 0.355 e. The zero-order valence-electron chi connectivity index (χ0n) is 8.01. The van der Waals surface area contributed by atoms with Crippen LogP contribution in [0.5, 0.6) is 0 Å². The van der Waals surface area contributed by atoms with Gasteiger partial charge >= 0.3 is 5.97 Å². The molecule has 5 nitrogen and oxygen atoms in total. The SMILES string of the molecule is COC(=O)c1cccc2c(C=O)ncn12. The molecule has 0 unspecified atom stereocenters. The largest absolute Gasteiger partial charge is 0.464 e. The molecule has 2 heterocycles. The third kappa shape index (κ3) is 1.38. The minimum atomic E-state index is -0.463. The molecule has 0 bridgehead atoms. The van der Waals surface area contributed by atoms with Crippen LogP contribution in [0.3, 0.4) is 0 Å². The van der Waals surface area contributed by atoms with Gasteiger partial charge in [-0.05, 0) is 12.1 Å². The maximum atomic E-state index is 11.4. The number of ether oxygens (including phenoxy) is 1. The minimum Gasteiger partial charge on any atom is -0.464 e. The number of hydrogen-bond donors (Lipinski definition) is 0. The second-order valence-corrected chi connectivity index (χ2v) is 2.91. The number of aromatic nitrogens is 2. The van der Waals surface area contributed by atoms with E-state index in [1.54, 1.807) is 18.2 Å². The summed E-state index contributed by atoms with van der Waals surface area (Å²) in [4.78, 5) is 25.9. The van der Waals surface area contributed by atoms with E-state index in [0.717, 1.165) is 0 Å². The van der Waals surface area contributed by atoms with Gasteiger partial charge in [0.05, 0.1) is 12.6 Å². The Hall–Kier alpha value is -2.17. The van der Waals surface area contributed by atoms with Crippen molar-refractivity contribution in [3.63, 3.8) is 0 Å². The molecule has 0 spiro atoms. The van der Waals surface area contributed by atoms with E-state index in [-0.39, 0.29) is 0 Å². The van der Waals surface area contributed by atoms with Crippen molar-refractivity contribution in [2.45, 2.75) is 0 Å². The van der Waals surface area contributed by atoms with E-state index < -0.39 is 5.97 Å². The Kier molecular flexibility index (Phi) is 2.21. The summed E-state index contributed by atoms with van der Waals surface area (Å²) in [7, 11) is 1.30. The van der Waals surface area contributed by atoms with Gasteiger partial charge in [0.1, 0.15) is 17.7 Å². The molecule has 0 radical (unpaired) electrons. The molecule has 0 aliphatic heterocycles. The molecule has 5 heteroatoms. The fraction of sp³-hybridized carbons (Fsp3) is 0.100. The van der Waals surface area contributed by atoms with E-state index in [9.17, 15) is 9.59 Å². The second-order valence-electron chi connectivity index (χ2n) is 2.91. The molecular weight excluding hydrogens is 196 g/mol. The smallest absolute Gasteiger partial charge is 0.355 e. The van der Waals surface area contributed by atoms with Gasteiger partial charge in [-0.3, -0.25) is 9.20 Å². The molecule has 0 saturated carbocycles. The number of fused-ring (bicyclic) bond motifs is 1. The van der Waals surface area contributed by atoms with Gasteiger partial charge in [-0.15, -0.1) is 0 Å². The summed E-state index contributed by atoms with van der Waals surface area (Å²) in [5.74, 6) is -0.463. The van der Waals surface area contributed by atoms with E-state index >= 15 is 0 Å². The first kappa shape index (κ1) is 9.39. The molecule has 0 N–H and O–H groups in total. The van der Waals surface area contributed by atoms with Crippen molar-refractivity contribution < 1.29 is 14.3 Å². The Morgan fingerprint density at radius 3 is 3.00 bits per heavy atom. The number of carbonyl (C=O) groups is 2. The lowest BCUT2D eigenvalue weighted by atomic mass is 10.3. The van der Waals surface area contributed by atoms with E-state index in [1.807, 2.05) is 0 Å². The topological polar surface area (TPSA) is 60.7 Å². The summed E-state index contributed by atoms with van der Waals surface area (Å²) in [5, 5.41) is 0. The van der Waals surface area contributed by atoms with Crippen molar-refractivity contribution in [3.8, 4) is 0 Å². The highest BCUT2D eigenvalue weighted by Gasteiger charge is 2.12.